The van der Waals surface area contributed by atoms with Gasteiger partial charge in [0, 0.05) is 12.1 Å². The Balaban J connectivity index is 1.50. The van der Waals surface area contributed by atoms with Crippen molar-refractivity contribution in [3.8, 4) is 0 Å². The van der Waals surface area contributed by atoms with Crippen molar-refractivity contribution in [3.63, 3.8) is 0 Å². The van der Waals surface area contributed by atoms with Gasteiger partial charge in [0.2, 0.25) is 0 Å². The van der Waals surface area contributed by atoms with Crippen molar-refractivity contribution in [2.24, 2.45) is 0 Å². The van der Waals surface area contributed by atoms with Crippen LogP contribution in [0.25, 0.3) is 10.2 Å². The summed E-state index contributed by atoms with van der Waals surface area (Å²) >= 11 is 1.29. The lowest BCUT2D eigenvalue weighted by atomic mass is 10.1. The van der Waals surface area contributed by atoms with Crippen LogP contribution in [-0.2, 0) is 15.9 Å². The average Bonchev–Trinajstić information content (AvgIpc) is 3.18. The molecule has 2 heterocycles. The summed E-state index contributed by atoms with van der Waals surface area (Å²) in [6.07, 6.45) is 2.11. The fourth-order valence-electron chi connectivity index (χ4n) is 3.37. The monoisotopic (exact) mass is 461 g/mol. The lowest BCUT2D eigenvalue weighted by Crippen LogP contribution is -2.07. The SMILES string of the molecule is CCOC(=O)c1ccc(Nc2ncnc3sc(C(=O)OCCc4ccccc4)c(C)c23)cc1. The van der Waals surface area contributed by atoms with E-state index in [1.165, 1.54) is 17.7 Å². The molecule has 1 N–H and O–H groups in total. The second-order valence-electron chi connectivity index (χ2n) is 7.25. The van der Waals surface area contributed by atoms with Gasteiger partial charge in [0.05, 0.1) is 24.2 Å². The zero-order valence-electron chi connectivity index (χ0n) is 18.3. The van der Waals surface area contributed by atoms with Crippen molar-refractivity contribution < 1.29 is 19.1 Å². The van der Waals surface area contributed by atoms with E-state index in [9.17, 15) is 9.59 Å². The van der Waals surface area contributed by atoms with Crippen LogP contribution in [0.5, 0.6) is 0 Å². The van der Waals surface area contributed by atoms with Gasteiger partial charge in [-0.3, -0.25) is 0 Å². The number of carbonyl (C=O) groups excluding carboxylic acids is 2. The number of ether oxygens (including phenoxy) is 2. The molecule has 0 aliphatic heterocycles. The van der Waals surface area contributed by atoms with E-state index in [-0.39, 0.29) is 11.9 Å². The number of rotatable bonds is 8. The summed E-state index contributed by atoms with van der Waals surface area (Å²) in [5, 5.41) is 4.02. The zero-order valence-corrected chi connectivity index (χ0v) is 19.1. The topological polar surface area (TPSA) is 90.4 Å². The summed E-state index contributed by atoms with van der Waals surface area (Å²) in [4.78, 5) is 34.5. The summed E-state index contributed by atoms with van der Waals surface area (Å²) in [6.45, 7) is 4.27. The fourth-order valence-corrected chi connectivity index (χ4v) is 4.42. The Hall–Kier alpha value is -3.78. The predicted molar refractivity (Wildman–Crippen MR) is 128 cm³/mol. The van der Waals surface area contributed by atoms with Gasteiger partial charge < -0.3 is 14.8 Å². The molecule has 0 fully saturated rings. The summed E-state index contributed by atoms with van der Waals surface area (Å²) in [5.74, 6) is -0.144. The Morgan fingerprint density at radius 1 is 0.970 bits per heavy atom. The number of hydrogen-bond acceptors (Lipinski definition) is 8. The Morgan fingerprint density at radius 3 is 2.45 bits per heavy atom. The van der Waals surface area contributed by atoms with Crippen molar-refractivity contribution >= 4 is 45.0 Å². The van der Waals surface area contributed by atoms with Crippen LogP contribution in [0.1, 0.15) is 38.1 Å². The van der Waals surface area contributed by atoms with Crippen molar-refractivity contribution in [1.29, 1.82) is 0 Å². The molecular weight excluding hydrogens is 438 g/mol. The van der Waals surface area contributed by atoms with Crippen molar-refractivity contribution in [3.05, 3.63) is 82.5 Å². The van der Waals surface area contributed by atoms with Crippen LogP contribution < -0.4 is 5.32 Å². The Morgan fingerprint density at radius 2 is 1.73 bits per heavy atom. The van der Waals surface area contributed by atoms with E-state index in [1.54, 1.807) is 31.2 Å². The van der Waals surface area contributed by atoms with Crippen LogP contribution in [0, 0.1) is 6.92 Å². The molecule has 0 aliphatic carbocycles. The van der Waals surface area contributed by atoms with Crippen LogP contribution in [0.2, 0.25) is 0 Å². The van der Waals surface area contributed by atoms with E-state index in [0.717, 1.165) is 22.2 Å². The molecule has 8 heteroatoms. The lowest BCUT2D eigenvalue weighted by molar-refractivity contribution is 0.0509. The number of aromatic nitrogens is 2. The smallest absolute Gasteiger partial charge is 0.348 e. The van der Waals surface area contributed by atoms with E-state index >= 15 is 0 Å². The molecule has 4 rings (SSSR count). The molecule has 0 amide bonds. The molecule has 2 aromatic heterocycles. The van der Waals surface area contributed by atoms with E-state index in [4.69, 9.17) is 9.47 Å². The van der Waals surface area contributed by atoms with E-state index < -0.39 is 0 Å². The first-order valence-corrected chi connectivity index (χ1v) is 11.4. The highest BCUT2D eigenvalue weighted by molar-refractivity contribution is 7.20. The molecule has 2 aromatic carbocycles. The molecule has 168 valence electrons. The minimum absolute atomic E-state index is 0.306. The number of carbonyl (C=O) groups is 2. The number of anilines is 2. The minimum atomic E-state index is -0.365. The van der Waals surface area contributed by atoms with Gasteiger partial charge in [-0.15, -0.1) is 11.3 Å². The molecule has 0 saturated carbocycles. The number of benzene rings is 2. The van der Waals surface area contributed by atoms with Gasteiger partial charge in [-0.25, -0.2) is 19.6 Å². The zero-order chi connectivity index (χ0) is 23.2. The first kappa shape index (κ1) is 22.4. The molecule has 0 spiro atoms. The third-order valence-corrected chi connectivity index (χ3v) is 6.22. The van der Waals surface area contributed by atoms with E-state index in [1.807, 2.05) is 37.3 Å². The van der Waals surface area contributed by atoms with Gasteiger partial charge in [-0.2, -0.15) is 0 Å². The van der Waals surface area contributed by atoms with E-state index in [2.05, 4.69) is 15.3 Å². The first-order chi connectivity index (χ1) is 16.1. The number of esters is 2. The van der Waals surface area contributed by atoms with E-state index in [0.29, 0.717) is 40.7 Å². The van der Waals surface area contributed by atoms with Crippen molar-refractivity contribution in [2.45, 2.75) is 20.3 Å². The van der Waals surface area contributed by atoms with Gasteiger partial charge in [0.25, 0.3) is 0 Å². The highest BCUT2D eigenvalue weighted by atomic mass is 32.1. The number of nitrogens with zero attached hydrogens (tertiary/aromatic N) is 2. The molecule has 7 nitrogen and oxygen atoms in total. The maximum Gasteiger partial charge on any atom is 0.348 e. The highest BCUT2D eigenvalue weighted by Crippen LogP contribution is 2.34. The van der Waals surface area contributed by atoms with Gasteiger partial charge in [-0.05, 0) is 49.2 Å². The Bertz CT molecular complexity index is 1270. The summed E-state index contributed by atoms with van der Waals surface area (Å²) in [7, 11) is 0. The fraction of sp³-hybridized carbons (Fsp3) is 0.200. The lowest BCUT2D eigenvalue weighted by Gasteiger charge is -2.08. The van der Waals surface area contributed by atoms with Crippen LogP contribution in [0.15, 0.2) is 60.9 Å². The minimum Gasteiger partial charge on any atom is -0.462 e. The normalized spacial score (nSPS) is 10.7. The molecule has 0 aliphatic rings. The standard InChI is InChI=1S/C25H23N3O4S/c1-3-31-24(29)18-9-11-19(12-10-18)28-22-20-16(2)21(33-23(20)27-15-26-22)25(30)32-14-13-17-7-5-4-6-8-17/h4-12,15H,3,13-14H2,1-2H3,(H,26,27,28). The van der Waals surface area contributed by atoms with Crippen LogP contribution in [0.3, 0.4) is 0 Å². The number of nitrogens with one attached hydrogen (secondary N) is 1. The van der Waals surface area contributed by atoms with Crippen LogP contribution >= 0.6 is 11.3 Å². The highest BCUT2D eigenvalue weighted by Gasteiger charge is 2.20. The summed E-state index contributed by atoms with van der Waals surface area (Å²) in [6, 6.07) is 16.8. The molecule has 0 saturated heterocycles. The average molecular weight is 462 g/mol. The maximum atomic E-state index is 12.7. The van der Waals surface area contributed by atoms with Crippen LogP contribution in [0.4, 0.5) is 11.5 Å². The van der Waals surface area contributed by atoms with Gasteiger partial charge in [-0.1, -0.05) is 30.3 Å². The second-order valence-corrected chi connectivity index (χ2v) is 8.25. The first-order valence-electron chi connectivity index (χ1n) is 10.6. The second kappa shape index (κ2) is 10.2. The Labute approximate surface area is 195 Å². The van der Waals surface area contributed by atoms with Gasteiger partial charge in [0.15, 0.2) is 0 Å². The largest absolute Gasteiger partial charge is 0.462 e. The number of aryl methyl sites for hydroxylation is 1. The van der Waals surface area contributed by atoms with Crippen molar-refractivity contribution in [2.75, 3.05) is 18.5 Å². The summed E-state index contributed by atoms with van der Waals surface area (Å²) < 4.78 is 10.5. The third-order valence-electron chi connectivity index (χ3n) is 5.04. The number of hydrogen-bond donors (Lipinski definition) is 1. The quantitative estimate of drug-likeness (QED) is 0.355. The van der Waals surface area contributed by atoms with Gasteiger partial charge >= 0.3 is 11.9 Å². The molecule has 0 atom stereocenters. The number of thiophene rings is 1. The molecule has 0 unspecified atom stereocenters. The molecule has 33 heavy (non-hydrogen) atoms. The number of fused-ring (bicyclic) bond motifs is 1. The predicted octanol–water partition coefficient (Wildman–Crippen LogP) is 5.32. The molecule has 4 aromatic rings. The molecular formula is C25H23N3O4S. The summed E-state index contributed by atoms with van der Waals surface area (Å²) in [5.41, 5.74) is 3.11. The van der Waals surface area contributed by atoms with Gasteiger partial charge in [0.1, 0.15) is 21.9 Å². The van der Waals surface area contributed by atoms with Crippen molar-refractivity contribution in [1.82, 2.24) is 9.97 Å². The third kappa shape index (κ3) is 5.18. The molecule has 0 bridgehead atoms. The molecule has 0 radical (unpaired) electrons. The Kier molecular flexibility index (Phi) is 6.95. The maximum absolute atomic E-state index is 12.7. The van der Waals surface area contributed by atoms with Crippen LogP contribution in [-0.4, -0.2) is 35.1 Å².